The van der Waals surface area contributed by atoms with Gasteiger partial charge in [0.25, 0.3) is 0 Å². The Morgan fingerprint density at radius 3 is 1.79 bits per heavy atom. The molecule has 0 spiro atoms. The van der Waals surface area contributed by atoms with Crippen molar-refractivity contribution in [3.8, 4) is 0 Å². The molecule has 4 nitrogen and oxygen atoms in total. The largest absolute Gasteiger partial charge is 1.00 e. The van der Waals surface area contributed by atoms with Crippen molar-refractivity contribution in [2.75, 3.05) is 0 Å². The van der Waals surface area contributed by atoms with Gasteiger partial charge >= 0.3 is 29.6 Å². The van der Waals surface area contributed by atoms with Gasteiger partial charge in [0.2, 0.25) is 5.91 Å². The van der Waals surface area contributed by atoms with Crippen molar-refractivity contribution in [2.45, 2.75) is 0 Å². The number of rotatable bonds is 2. The first-order valence-electron chi connectivity index (χ1n) is 5.43. The third-order valence-corrected chi connectivity index (χ3v) is 2.32. The average Bonchev–Trinajstić information content (AvgIpc) is 2.46. The van der Waals surface area contributed by atoms with Crippen LogP contribution in [0.2, 0.25) is 0 Å². The van der Waals surface area contributed by atoms with E-state index in [1.165, 1.54) is 0 Å². The molecular formula is C14H11N2NaO2. The summed E-state index contributed by atoms with van der Waals surface area (Å²) in [6.07, 6.45) is 0. The van der Waals surface area contributed by atoms with Crippen LogP contribution >= 0.6 is 0 Å². The Kier molecular flexibility index (Phi) is 6.29. The van der Waals surface area contributed by atoms with E-state index in [1.54, 1.807) is 54.6 Å². The van der Waals surface area contributed by atoms with Gasteiger partial charge in [-0.05, 0) is 12.1 Å². The first-order valence-corrected chi connectivity index (χ1v) is 5.43. The maximum absolute atomic E-state index is 11.6. The number of hydrogen-bond donors (Lipinski definition) is 1. The molecule has 0 saturated heterocycles. The van der Waals surface area contributed by atoms with Crippen molar-refractivity contribution in [2.24, 2.45) is 0 Å². The standard InChI is InChI=1S/C14H12N2O2.Na/c17-13(11-7-3-1-4-8-11)15-16-14(18)12-9-5-2-6-10-12;/h1-10H,(H2,15,16,17,18);/q;+1/p-1. The zero-order valence-corrected chi connectivity index (χ0v) is 12.5. The molecule has 0 aliphatic carbocycles. The molecule has 90 valence electrons. The minimum Gasteiger partial charge on any atom is -0.560 e. The Bertz CT molecular complexity index is 492. The van der Waals surface area contributed by atoms with E-state index in [1.807, 2.05) is 6.07 Å². The van der Waals surface area contributed by atoms with Gasteiger partial charge in [-0.1, -0.05) is 48.5 Å². The Balaban J connectivity index is 0.00000180. The van der Waals surface area contributed by atoms with Gasteiger partial charge in [0.15, 0.2) is 0 Å². The zero-order chi connectivity index (χ0) is 12.8. The molecule has 19 heavy (non-hydrogen) atoms. The Morgan fingerprint density at radius 1 is 0.789 bits per heavy atom. The van der Waals surface area contributed by atoms with E-state index in [-0.39, 0.29) is 29.6 Å². The first-order chi connectivity index (χ1) is 8.77. The molecule has 0 unspecified atom stereocenters. The normalized spacial score (nSPS) is 9.05. The summed E-state index contributed by atoms with van der Waals surface area (Å²) in [6, 6.07) is 17.2. The van der Waals surface area contributed by atoms with Crippen molar-refractivity contribution < 1.29 is 39.1 Å². The van der Waals surface area contributed by atoms with Crippen molar-refractivity contribution in [1.29, 1.82) is 0 Å². The average molecular weight is 262 g/mol. The number of nitrogens with zero attached hydrogens (tertiary/aromatic N) is 1. The minimum absolute atomic E-state index is 0. The topological polar surface area (TPSA) is 60.3 Å². The zero-order valence-electron chi connectivity index (χ0n) is 10.5. The number of carbonyl (C=O) groups is 2. The van der Waals surface area contributed by atoms with Crippen LogP contribution < -0.4 is 35.0 Å². The van der Waals surface area contributed by atoms with Gasteiger partial charge < -0.3 is 15.6 Å². The molecule has 2 amide bonds. The summed E-state index contributed by atoms with van der Waals surface area (Å²) in [4.78, 5) is 23.2. The Morgan fingerprint density at radius 2 is 1.26 bits per heavy atom. The number of amides is 2. The van der Waals surface area contributed by atoms with E-state index in [2.05, 4.69) is 10.9 Å². The molecule has 5 heteroatoms. The van der Waals surface area contributed by atoms with Crippen LogP contribution in [0.3, 0.4) is 0 Å². The molecule has 2 aromatic rings. The van der Waals surface area contributed by atoms with Crippen LogP contribution in [0, 0.1) is 0 Å². The maximum Gasteiger partial charge on any atom is 1.00 e. The molecule has 0 aliphatic heterocycles. The van der Waals surface area contributed by atoms with Gasteiger partial charge in [0.05, 0.1) is 5.91 Å². The second-order valence-electron chi connectivity index (χ2n) is 3.59. The summed E-state index contributed by atoms with van der Waals surface area (Å²) in [7, 11) is 0. The van der Waals surface area contributed by atoms with Gasteiger partial charge in [-0.15, -0.1) is 0 Å². The Hall–Kier alpha value is -1.62. The molecule has 0 saturated carbocycles. The number of benzene rings is 2. The molecule has 0 bridgehead atoms. The second-order valence-corrected chi connectivity index (χ2v) is 3.59. The summed E-state index contributed by atoms with van der Waals surface area (Å²) in [5.74, 6) is -0.875. The quantitative estimate of drug-likeness (QED) is 0.588. The minimum atomic E-state index is -0.472. The SMILES string of the molecule is O=C([N-]NC(=O)c1ccccc1)c1ccccc1.[Na+]. The summed E-state index contributed by atoms with van der Waals surface area (Å²) in [5.41, 5.74) is 6.66. The molecular weight excluding hydrogens is 251 g/mol. The predicted molar refractivity (Wildman–Crippen MR) is 68.0 cm³/mol. The van der Waals surface area contributed by atoms with E-state index >= 15 is 0 Å². The van der Waals surface area contributed by atoms with Crippen LogP contribution in [0.1, 0.15) is 20.7 Å². The first kappa shape index (κ1) is 15.4. The van der Waals surface area contributed by atoms with Gasteiger partial charge in [0, 0.05) is 11.1 Å². The van der Waals surface area contributed by atoms with Gasteiger partial charge in [-0.25, -0.2) is 0 Å². The molecule has 0 fully saturated rings. The third-order valence-electron chi connectivity index (χ3n) is 2.32. The smallest absolute Gasteiger partial charge is 0.560 e. The molecule has 0 aromatic heterocycles. The Labute approximate surface area is 133 Å². The molecule has 1 N–H and O–H groups in total. The summed E-state index contributed by atoms with van der Waals surface area (Å²) in [6.45, 7) is 0. The molecule has 2 aromatic carbocycles. The number of nitrogens with one attached hydrogen (secondary N) is 1. The van der Waals surface area contributed by atoms with Gasteiger partial charge in [0.1, 0.15) is 0 Å². The predicted octanol–water partition coefficient (Wildman–Crippen LogP) is -0.451. The van der Waals surface area contributed by atoms with Crippen molar-refractivity contribution in [3.63, 3.8) is 0 Å². The van der Waals surface area contributed by atoms with E-state index in [0.717, 1.165) is 0 Å². The molecule has 0 atom stereocenters. The fourth-order valence-electron chi connectivity index (χ4n) is 1.40. The van der Waals surface area contributed by atoms with E-state index in [4.69, 9.17) is 0 Å². The third kappa shape index (κ3) is 4.52. The second kappa shape index (κ2) is 7.74. The summed E-state index contributed by atoms with van der Waals surface area (Å²) < 4.78 is 0. The van der Waals surface area contributed by atoms with Crippen molar-refractivity contribution >= 4 is 11.8 Å². The van der Waals surface area contributed by atoms with Gasteiger partial charge in [-0.3, -0.25) is 4.79 Å². The van der Waals surface area contributed by atoms with E-state index < -0.39 is 11.8 Å². The van der Waals surface area contributed by atoms with Gasteiger partial charge in [-0.2, -0.15) is 0 Å². The molecule has 2 rings (SSSR count). The molecule has 0 radical (unpaired) electrons. The van der Waals surface area contributed by atoms with Crippen LogP contribution in [-0.2, 0) is 0 Å². The summed E-state index contributed by atoms with van der Waals surface area (Å²) in [5, 5.41) is 0. The van der Waals surface area contributed by atoms with Crippen LogP contribution in [0.5, 0.6) is 0 Å². The van der Waals surface area contributed by atoms with Crippen molar-refractivity contribution in [1.82, 2.24) is 5.43 Å². The van der Waals surface area contributed by atoms with Crippen LogP contribution in [0.15, 0.2) is 60.7 Å². The van der Waals surface area contributed by atoms with Crippen molar-refractivity contribution in [3.05, 3.63) is 77.2 Å². The number of carbonyl (C=O) groups excluding carboxylic acids is 2. The fraction of sp³-hybridized carbons (Fsp3) is 0. The van der Waals surface area contributed by atoms with Crippen LogP contribution in [0.4, 0.5) is 0 Å². The van der Waals surface area contributed by atoms with E-state index in [9.17, 15) is 9.59 Å². The molecule has 0 heterocycles. The summed E-state index contributed by atoms with van der Waals surface area (Å²) >= 11 is 0. The number of hydrogen-bond acceptors (Lipinski definition) is 2. The van der Waals surface area contributed by atoms with Crippen LogP contribution in [-0.4, -0.2) is 11.8 Å². The fourth-order valence-corrected chi connectivity index (χ4v) is 1.40. The maximum atomic E-state index is 11.6. The molecule has 0 aliphatic rings. The van der Waals surface area contributed by atoms with Crippen LogP contribution in [0.25, 0.3) is 5.43 Å². The van der Waals surface area contributed by atoms with E-state index in [0.29, 0.717) is 11.1 Å². The monoisotopic (exact) mass is 262 g/mol.